The van der Waals surface area contributed by atoms with Gasteiger partial charge in [0.1, 0.15) is 0 Å². The molecule has 0 saturated carbocycles. The van der Waals surface area contributed by atoms with E-state index in [4.69, 9.17) is 0 Å². The van der Waals surface area contributed by atoms with Crippen molar-refractivity contribution in [3.05, 3.63) is 0 Å². The van der Waals surface area contributed by atoms with Gasteiger partial charge in [-0.25, -0.2) is 4.79 Å². The molecular weight excluding hydrogens is 238 g/mol. The maximum absolute atomic E-state index is 11.8. The molecule has 4 heteroatoms. The number of rotatable bonds is 9. The van der Waals surface area contributed by atoms with E-state index in [-0.39, 0.29) is 12.1 Å². The maximum Gasteiger partial charge on any atom is 0.315 e. The molecule has 1 atom stereocenters. The third-order valence-corrected chi connectivity index (χ3v) is 2.92. The summed E-state index contributed by atoms with van der Waals surface area (Å²) in [6, 6.07) is 0.191. The smallest absolute Gasteiger partial charge is 0.315 e. The van der Waals surface area contributed by atoms with Gasteiger partial charge in [-0.1, -0.05) is 27.7 Å². The van der Waals surface area contributed by atoms with Gasteiger partial charge < -0.3 is 15.5 Å². The lowest BCUT2D eigenvalue weighted by Gasteiger charge is -2.24. The second-order valence-corrected chi connectivity index (χ2v) is 6.53. The second kappa shape index (κ2) is 10.1. The third-order valence-electron chi connectivity index (χ3n) is 2.92. The summed E-state index contributed by atoms with van der Waals surface area (Å²) >= 11 is 0. The predicted octanol–water partition coefficient (Wildman–Crippen LogP) is 2.70. The molecule has 19 heavy (non-hydrogen) atoms. The minimum atomic E-state index is -0.0312. The fraction of sp³-hybridized carbons (Fsp3) is 0.933. The number of nitrogens with one attached hydrogen (secondary N) is 2. The van der Waals surface area contributed by atoms with E-state index in [1.54, 1.807) is 0 Å². The molecule has 0 unspecified atom stereocenters. The van der Waals surface area contributed by atoms with E-state index in [9.17, 15) is 4.79 Å². The average Bonchev–Trinajstić information content (AvgIpc) is 2.22. The minimum absolute atomic E-state index is 0.0312. The van der Waals surface area contributed by atoms with E-state index in [1.165, 1.54) is 0 Å². The predicted molar refractivity (Wildman–Crippen MR) is 82.4 cm³/mol. The first-order valence-corrected chi connectivity index (χ1v) is 7.50. The Labute approximate surface area is 119 Å². The molecule has 0 saturated heterocycles. The van der Waals surface area contributed by atoms with Gasteiger partial charge in [-0.2, -0.15) is 0 Å². The lowest BCUT2D eigenvalue weighted by Crippen LogP contribution is -2.47. The molecule has 0 aromatic heterocycles. The number of amides is 2. The van der Waals surface area contributed by atoms with Gasteiger partial charge in [0.25, 0.3) is 0 Å². The number of nitrogens with zero attached hydrogens (tertiary/aromatic N) is 1. The zero-order valence-electron chi connectivity index (χ0n) is 13.6. The van der Waals surface area contributed by atoms with Gasteiger partial charge in [0.05, 0.1) is 0 Å². The Hall–Kier alpha value is -0.770. The van der Waals surface area contributed by atoms with Crippen LogP contribution in [0.15, 0.2) is 0 Å². The number of likely N-dealkylation sites (N-methyl/N-ethyl adjacent to an activating group) is 1. The molecule has 0 aromatic carbocycles. The maximum atomic E-state index is 11.8. The molecule has 4 nitrogen and oxygen atoms in total. The van der Waals surface area contributed by atoms with Crippen molar-refractivity contribution in [1.82, 2.24) is 15.5 Å². The molecule has 0 aliphatic carbocycles. The van der Waals surface area contributed by atoms with Gasteiger partial charge in [0.15, 0.2) is 0 Å². The zero-order chi connectivity index (χ0) is 14.8. The van der Waals surface area contributed by atoms with Crippen molar-refractivity contribution in [1.29, 1.82) is 0 Å². The summed E-state index contributed by atoms with van der Waals surface area (Å²) in [6.07, 6.45) is 3.22. The summed E-state index contributed by atoms with van der Waals surface area (Å²) in [4.78, 5) is 13.9. The fourth-order valence-corrected chi connectivity index (χ4v) is 2.14. The molecule has 0 heterocycles. The lowest BCUT2D eigenvalue weighted by molar-refractivity contribution is 0.228. The van der Waals surface area contributed by atoms with Crippen molar-refractivity contribution in [2.24, 2.45) is 11.8 Å². The van der Waals surface area contributed by atoms with Gasteiger partial charge in [-0.05, 0) is 45.2 Å². The van der Waals surface area contributed by atoms with Crippen LogP contribution in [0.1, 0.15) is 47.0 Å². The van der Waals surface area contributed by atoms with Crippen molar-refractivity contribution < 1.29 is 4.79 Å². The van der Waals surface area contributed by atoms with Crippen LogP contribution in [0.5, 0.6) is 0 Å². The largest absolute Gasteiger partial charge is 0.338 e. The molecule has 0 spiro atoms. The number of hydrogen-bond acceptors (Lipinski definition) is 2. The molecule has 0 fully saturated rings. The number of hydrogen-bond donors (Lipinski definition) is 2. The van der Waals surface area contributed by atoms with Crippen LogP contribution in [0.2, 0.25) is 0 Å². The Bertz CT molecular complexity index is 230. The van der Waals surface area contributed by atoms with E-state index < -0.39 is 0 Å². The topological polar surface area (TPSA) is 44.4 Å². The SMILES string of the molecule is CC(C)CCCNC(=O)N[C@@H](CC(C)C)CN(C)C. The van der Waals surface area contributed by atoms with Crippen LogP contribution in [0, 0.1) is 11.8 Å². The normalized spacial score (nSPS) is 13.1. The van der Waals surface area contributed by atoms with Crippen molar-refractivity contribution in [2.45, 2.75) is 53.0 Å². The van der Waals surface area contributed by atoms with Gasteiger partial charge >= 0.3 is 6.03 Å². The molecule has 0 bridgehead atoms. The van der Waals surface area contributed by atoms with Crippen molar-refractivity contribution in [3.8, 4) is 0 Å². The molecular formula is C15H33N3O. The lowest BCUT2D eigenvalue weighted by atomic mass is 10.0. The van der Waals surface area contributed by atoms with Crippen LogP contribution in [0.4, 0.5) is 4.79 Å². The first-order chi connectivity index (χ1) is 8.81. The summed E-state index contributed by atoms with van der Waals surface area (Å²) in [5.74, 6) is 1.29. The van der Waals surface area contributed by atoms with Crippen LogP contribution < -0.4 is 10.6 Å². The second-order valence-electron chi connectivity index (χ2n) is 6.53. The van der Waals surface area contributed by atoms with E-state index in [0.717, 1.165) is 32.4 Å². The molecule has 2 N–H and O–H groups in total. The molecule has 114 valence electrons. The minimum Gasteiger partial charge on any atom is -0.338 e. The van der Waals surface area contributed by atoms with E-state index >= 15 is 0 Å². The van der Waals surface area contributed by atoms with E-state index in [0.29, 0.717) is 11.8 Å². The highest BCUT2D eigenvalue weighted by atomic mass is 16.2. The van der Waals surface area contributed by atoms with E-state index in [1.807, 2.05) is 14.1 Å². The monoisotopic (exact) mass is 271 g/mol. The van der Waals surface area contributed by atoms with Crippen LogP contribution in [0.25, 0.3) is 0 Å². The van der Waals surface area contributed by atoms with Gasteiger partial charge in [0.2, 0.25) is 0 Å². The number of carbonyl (C=O) groups is 1. The zero-order valence-corrected chi connectivity index (χ0v) is 13.6. The fourth-order valence-electron chi connectivity index (χ4n) is 2.14. The van der Waals surface area contributed by atoms with Crippen LogP contribution in [0.3, 0.4) is 0 Å². The Balaban J connectivity index is 3.94. The number of urea groups is 1. The molecule has 0 aliphatic rings. The molecule has 2 amide bonds. The van der Waals surface area contributed by atoms with Gasteiger partial charge in [-0.15, -0.1) is 0 Å². The third kappa shape index (κ3) is 12.0. The quantitative estimate of drug-likeness (QED) is 0.633. The van der Waals surface area contributed by atoms with Crippen LogP contribution in [-0.2, 0) is 0 Å². The average molecular weight is 271 g/mol. The Morgan fingerprint density at radius 1 is 1.11 bits per heavy atom. The Kier molecular flexibility index (Phi) is 9.66. The molecule has 0 rings (SSSR count). The molecule has 0 aromatic rings. The Morgan fingerprint density at radius 2 is 1.74 bits per heavy atom. The molecule has 0 radical (unpaired) electrons. The first-order valence-electron chi connectivity index (χ1n) is 7.50. The van der Waals surface area contributed by atoms with Crippen molar-refractivity contribution >= 4 is 6.03 Å². The highest BCUT2D eigenvalue weighted by Crippen LogP contribution is 2.05. The summed E-state index contributed by atoms with van der Waals surface area (Å²) in [5, 5.41) is 6.02. The van der Waals surface area contributed by atoms with Crippen molar-refractivity contribution in [2.75, 3.05) is 27.2 Å². The Morgan fingerprint density at radius 3 is 2.21 bits per heavy atom. The van der Waals surface area contributed by atoms with Crippen molar-refractivity contribution in [3.63, 3.8) is 0 Å². The van der Waals surface area contributed by atoms with E-state index in [2.05, 4.69) is 43.2 Å². The summed E-state index contributed by atoms with van der Waals surface area (Å²) in [7, 11) is 4.07. The van der Waals surface area contributed by atoms with Gasteiger partial charge in [0, 0.05) is 19.1 Å². The van der Waals surface area contributed by atoms with Crippen LogP contribution in [-0.4, -0.2) is 44.2 Å². The highest BCUT2D eigenvalue weighted by molar-refractivity contribution is 5.74. The summed E-state index contributed by atoms with van der Waals surface area (Å²) < 4.78 is 0. The number of carbonyl (C=O) groups excluding carboxylic acids is 1. The first kappa shape index (κ1) is 18.2. The summed E-state index contributed by atoms with van der Waals surface area (Å²) in [6.45, 7) is 10.4. The van der Waals surface area contributed by atoms with Crippen LogP contribution >= 0.6 is 0 Å². The highest BCUT2D eigenvalue weighted by Gasteiger charge is 2.14. The van der Waals surface area contributed by atoms with Gasteiger partial charge in [-0.3, -0.25) is 0 Å². The molecule has 0 aliphatic heterocycles. The standard InChI is InChI=1S/C15H33N3O/c1-12(2)8-7-9-16-15(19)17-14(10-13(3)4)11-18(5)6/h12-14H,7-11H2,1-6H3,(H2,16,17,19)/t14-/m0/s1. The summed E-state index contributed by atoms with van der Waals surface area (Å²) in [5.41, 5.74) is 0.